The molecular formula is C10H9Cl2NO2. The molecule has 5 heteroatoms. The van der Waals surface area contributed by atoms with E-state index in [0.29, 0.717) is 16.6 Å². The van der Waals surface area contributed by atoms with Gasteiger partial charge in [-0.1, -0.05) is 29.3 Å². The molecule has 15 heavy (non-hydrogen) atoms. The first-order valence-electron chi connectivity index (χ1n) is 4.50. The van der Waals surface area contributed by atoms with Crippen LogP contribution in [-0.4, -0.2) is 19.1 Å². The third-order valence-electron chi connectivity index (χ3n) is 2.21. The predicted molar refractivity (Wildman–Crippen MR) is 58.2 cm³/mol. The van der Waals surface area contributed by atoms with Gasteiger partial charge in [0.1, 0.15) is 12.7 Å². The summed E-state index contributed by atoms with van der Waals surface area (Å²) >= 11 is 11.8. The number of halogens is 2. The Morgan fingerprint density at radius 3 is 2.80 bits per heavy atom. The summed E-state index contributed by atoms with van der Waals surface area (Å²) in [5.74, 6) is -0.101. The molecule has 1 unspecified atom stereocenters. The van der Waals surface area contributed by atoms with Crippen LogP contribution >= 0.6 is 23.2 Å². The second-order valence-corrected chi connectivity index (χ2v) is 4.11. The molecule has 1 aromatic rings. The molecule has 0 radical (unpaired) electrons. The molecule has 0 bridgehead atoms. The topological polar surface area (TPSA) is 38.3 Å². The maximum absolute atomic E-state index is 10.9. The summed E-state index contributed by atoms with van der Waals surface area (Å²) in [6.45, 7) is 0.518. The standard InChI is InChI=1S/C10H9Cl2NO2/c11-6-1-2-7(8(12)3-6)9-4-13-10(14)5-15-9/h1-3,9H,4-5H2,(H,13,14). The molecule has 0 aromatic heterocycles. The van der Waals surface area contributed by atoms with Crippen molar-refractivity contribution in [1.29, 1.82) is 0 Å². The van der Waals surface area contributed by atoms with Crippen molar-refractivity contribution >= 4 is 29.1 Å². The van der Waals surface area contributed by atoms with E-state index in [0.717, 1.165) is 5.56 Å². The monoisotopic (exact) mass is 245 g/mol. The average Bonchev–Trinajstić information content (AvgIpc) is 2.20. The minimum Gasteiger partial charge on any atom is -0.362 e. The lowest BCUT2D eigenvalue weighted by molar-refractivity contribution is -0.133. The second kappa shape index (κ2) is 4.39. The minimum atomic E-state index is -0.188. The van der Waals surface area contributed by atoms with Gasteiger partial charge in [0, 0.05) is 22.2 Å². The lowest BCUT2D eigenvalue weighted by Crippen LogP contribution is -2.38. The summed E-state index contributed by atoms with van der Waals surface area (Å²) in [6.07, 6.45) is -0.188. The highest BCUT2D eigenvalue weighted by atomic mass is 35.5. The fraction of sp³-hybridized carbons (Fsp3) is 0.300. The van der Waals surface area contributed by atoms with Crippen LogP contribution < -0.4 is 5.32 Å². The van der Waals surface area contributed by atoms with E-state index in [-0.39, 0.29) is 18.6 Å². The van der Waals surface area contributed by atoms with Crippen LogP contribution in [0.2, 0.25) is 10.0 Å². The van der Waals surface area contributed by atoms with Gasteiger partial charge in [0.15, 0.2) is 0 Å². The Kier molecular flexibility index (Phi) is 3.14. The molecule has 1 aliphatic heterocycles. The Bertz CT molecular complexity index is 385. The maximum Gasteiger partial charge on any atom is 0.246 e. The van der Waals surface area contributed by atoms with Gasteiger partial charge >= 0.3 is 0 Å². The zero-order chi connectivity index (χ0) is 10.8. The molecule has 3 nitrogen and oxygen atoms in total. The van der Waals surface area contributed by atoms with Crippen molar-refractivity contribution in [2.45, 2.75) is 6.10 Å². The van der Waals surface area contributed by atoms with Crippen LogP contribution in [-0.2, 0) is 9.53 Å². The zero-order valence-electron chi connectivity index (χ0n) is 7.80. The van der Waals surface area contributed by atoms with Gasteiger partial charge in [-0.15, -0.1) is 0 Å². The lowest BCUT2D eigenvalue weighted by atomic mass is 10.1. The molecule has 80 valence electrons. The first kappa shape index (κ1) is 10.7. The van der Waals surface area contributed by atoms with E-state index < -0.39 is 0 Å². The Labute approximate surface area is 97.3 Å². The summed E-state index contributed by atoms with van der Waals surface area (Å²) in [4.78, 5) is 10.9. The number of benzene rings is 1. The molecule has 1 aromatic carbocycles. The molecule has 1 amide bonds. The predicted octanol–water partition coefficient (Wildman–Crippen LogP) is 2.18. The van der Waals surface area contributed by atoms with E-state index in [2.05, 4.69) is 5.32 Å². The molecule has 1 fully saturated rings. The second-order valence-electron chi connectivity index (χ2n) is 3.27. The van der Waals surface area contributed by atoms with Gasteiger partial charge in [-0.25, -0.2) is 0 Å². The molecule has 1 atom stereocenters. The SMILES string of the molecule is O=C1COC(c2ccc(Cl)cc2Cl)CN1. The van der Waals surface area contributed by atoms with Gasteiger partial charge < -0.3 is 10.1 Å². The number of carbonyl (C=O) groups excluding carboxylic acids is 1. The molecule has 1 N–H and O–H groups in total. The van der Waals surface area contributed by atoms with E-state index in [1.807, 2.05) is 6.07 Å². The molecule has 0 aliphatic carbocycles. The Morgan fingerprint density at radius 2 is 2.20 bits per heavy atom. The van der Waals surface area contributed by atoms with Crippen molar-refractivity contribution in [1.82, 2.24) is 5.32 Å². The van der Waals surface area contributed by atoms with Gasteiger partial charge in [-0.3, -0.25) is 4.79 Å². The van der Waals surface area contributed by atoms with E-state index in [9.17, 15) is 4.79 Å². The number of rotatable bonds is 1. The first-order chi connectivity index (χ1) is 7.16. The van der Waals surface area contributed by atoms with Crippen LogP contribution in [0.1, 0.15) is 11.7 Å². The third-order valence-corrected chi connectivity index (χ3v) is 2.77. The molecule has 0 spiro atoms. The fourth-order valence-corrected chi connectivity index (χ4v) is 1.99. The van der Waals surface area contributed by atoms with Crippen molar-refractivity contribution in [3.05, 3.63) is 33.8 Å². The number of nitrogens with one attached hydrogen (secondary N) is 1. The summed E-state index contributed by atoms with van der Waals surface area (Å²) in [5.41, 5.74) is 0.848. The molecule has 0 saturated carbocycles. The Hall–Kier alpha value is -0.770. The summed E-state index contributed by atoms with van der Waals surface area (Å²) in [6, 6.07) is 5.23. The number of morpholine rings is 1. The van der Waals surface area contributed by atoms with Crippen molar-refractivity contribution < 1.29 is 9.53 Å². The van der Waals surface area contributed by atoms with Gasteiger partial charge in [-0.2, -0.15) is 0 Å². The molecule has 1 aliphatic rings. The number of ether oxygens (including phenoxy) is 1. The van der Waals surface area contributed by atoms with Gasteiger partial charge in [0.2, 0.25) is 5.91 Å². The van der Waals surface area contributed by atoms with Gasteiger partial charge in [-0.05, 0) is 12.1 Å². The van der Waals surface area contributed by atoms with Crippen LogP contribution in [0.15, 0.2) is 18.2 Å². The quantitative estimate of drug-likeness (QED) is 0.824. The maximum atomic E-state index is 10.9. The van der Waals surface area contributed by atoms with Gasteiger partial charge in [0.05, 0.1) is 0 Å². The van der Waals surface area contributed by atoms with Crippen molar-refractivity contribution in [3.8, 4) is 0 Å². The minimum absolute atomic E-state index is 0.0730. The smallest absolute Gasteiger partial charge is 0.246 e. The highest BCUT2D eigenvalue weighted by Gasteiger charge is 2.21. The van der Waals surface area contributed by atoms with Crippen LogP contribution in [0.4, 0.5) is 0 Å². The molecule has 1 saturated heterocycles. The van der Waals surface area contributed by atoms with Crippen molar-refractivity contribution in [3.63, 3.8) is 0 Å². The normalized spacial score (nSPS) is 21.2. The summed E-state index contributed by atoms with van der Waals surface area (Å²) < 4.78 is 5.36. The Balaban J connectivity index is 2.19. The van der Waals surface area contributed by atoms with Crippen molar-refractivity contribution in [2.75, 3.05) is 13.2 Å². The first-order valence-corrected chi connectivity index (χ1v) is 5.25. The van der Waals surface area contributed by atoms with E-state index in [1.165, 1.54) is 0 Å². The van der Waals surface area contributed by atoms with Crippen LogP contribution in [0.5, 0.6) is 0 Å². The van der Waals surface area contributed by atoms with Crippen LogP contribution in [0.25, 0.3) is 0 Å². The largest absolute Gasteiger partial charge is 0.362 e. The summed E-state index contributed by atoms with van der Waals surface area (Å²) in [7, 11) is 0. The van der Waals surface area contributed by atoms with E-state index in [4.69, 9.17) is 27.9 Å². The number of hydrogen-bond donors (Lipinski definition) is 1. The van der Waals surface area contributed by atoms with Gasteiger partial charge in [0.25, 0.3) is 0 Å². The van der Waals surface area contributed by atoms with E-state index >= 15 is 0 Å². The number of hydrogen-bond acceptors (Lipinski definition) is 2. The van der Waals surface area contributed by atoms with Crippen molar-refractivity contribution in [2.24, 2.45) is 0 Å². The van der Waals surface area contributed by atoms with E-state index in [1.54, 1.807) is 12.1 Å². The Morgan fingerprint density at radius 1 is 1.40 bits per heavy atom. The molecule has 1 heterocycles. The highest BCUT2D eigenvalue weighted by molar-refractivity contribution is 6.35. The summed E-state index contributed by atoms with van der Waals surface area (Å²) in [5, 5.41) is 3.86. The zero-order valence-corrected chi connectivity index (χ0v) is 9.31. The average molecular weight is 246 g/mol. The third kappa shape index (κ3) is 2.43. The fourth-order valence-electron chi connectivity index (χ4n) is 1.46. The van der Waals surface area contributed by atoms with Crippen LogP contribution in [0.3, 0.4) is 0 Å². The highest BCUT2D eigenvalue weighted by Crippen LogP contribution is 2.28. The molecule has 2 rings (SSSR count). The number of carbonyl (C=O) groups is 1. The van der Waals surface area contributed by atoms with Crippen LogP contribution in [0, 0.1) is 0 Å². The lowest BCUT2D eigenvalue weighted by Gasteiger charge is -2.24. The molecular weight excluding hydrogens is 237 g/mol. The number of amides is 1.